The van der Waals surface area contributed by atoms with Gasteiger partial charge in [-0.15, -0.1) is 0 Å². The van der Waals surface area contributed by atoms with Crippen LogP contribution >= 0.6 is 0 Å². The van der Waals surface area contributed by atoms with Crippen LogP contribution in [0, 0.1) is 5.92 Å². The molecule has 4 heteroatoms. The second-order valence-corrected chi connectivity index (χ2v) is 4.08. The lowest BCUT2D eigenvalue weighted by molar-refractivity contribution is 0.0673. The van der Waals surface area contributed by atoms with Gasteiger partial charge in [0.25, 0.3) is 5.91 Å². The zero-order chi connectivity index (χ0) is 10.7. The lowest BCUT2D eigenvalue weighted by Crippen LogP contribution is -2.42. The second-order valence-electron chi connectivity index (χ2n) is 4.08. The van der Waals surface area contributed by atoms with E-state index in [9.17, 15) is 4.79 Å². The molecule has 1 aromatic heterocycles. The normalized spacial score (nSPS) is 21.7. The van der Waals surface area contributed by atoms with Crippen LogP contribution in [0.4, 0.5) is 0 Å². The Bertz CT molecular complexity index is 321. The highest BCUT2D eigenvalue weighted by atomic mass is 16.2. The summed E-state index contributed by atoms with van der Waals surface area (Å²) in [5, 5.41) is 0. The van der Waals surface area contributed by atoms with E-state index >= 15 is 0 Å². The lowest BCUT2D eigenvalue weighted by atomic mass is 9.98. The van der Waals surface area contributed by atoms with Crippen LogP contribution in [-0.4, -0.2) is 35.4 Å². The number of amides is 1. The molecule has 1 fully saturated rings. The molecule has 3 N–H and O–H groups in total. The Balaban J connectivity index is 2.01. The van der Waals surface area contributed by atoms with E-state index in [0.29, 0.717) is 18.2 Å². The van der Waals surface area contributed by atoms with Crippen molar-refractivity contribution in [2.45, 2.75) is 12.8 Å². The smallest absolute Gasteiger partial charge is 0.270 e. The van der Waals surface area contributed by atoms with E-state index < -0.39 is 0 Å². The Kier molecular flexibility index (Phi) is 3.06. The van der Waals surface area contributed by atoms with Gasteiger partial charge in [-0.2, -0.15) is 0 Å². The molecule has 0 radical (unpaired) electrons. The molecule has 15 heavy (non-hydrogen) atoms. The molecule has 1 unspecified atom stereocenters. The number of nitrogens with one attached hydrogen (secondary N) is 1. The number of piperidine rings is 1. The Morgan fingerprint density at radius 1 is 1.67 bits per heavy atom. The average Bonchev–Trinajstić information content (AvgIpc) is 2.81. The molecule has 0 bridgehead atoms. The van der Waals surface area contributed by atoms with Crippen molar-refractivity contribution in [2.24, 2.45) is 11.7 Å². The van der Waals surface area contributed by atoms with Crippen molar-refractivity contribution in [3.05, 3.63) is 24.0 Å². The molecule has 1 aliphatic heterocycles. The molecule has 1 atom stereocenters. The fraction of sp³-hybridized carbons (Fsp3) is 0.545. The maximum Gasteiger partial charge on any atom is 0.270 e. The molecule has 2 rings (SSSR count). The summed E-state index contributed by atoms with van der Waals surface area (Å²) in [5.74, 6) is 0.566. The third-order valence-electron chi connectivity index (χ3n) is 2.97. The first kappa shape index (κ1) is 10.2. The van der Waals surface area contributed by atoms with Crippen LogP contribution in [0.1, 0.15) is 23.3 Å². The van der Waals surface area contributed by atoms with E-state index in [1.807, 2.05) is 17.0 Å². The highest BCUT2D eigenvalue weighted by Crippen LogP contribution is 2.16. The molecule has 1 aromatic rings. The van der Waals surface area contributed by atoms with Crippen LogP contribution in [0.15, 0.2) is 18.3 Å². The quantitative estimate of drug-likeness (QED) is 0.754. The maximum atomic E-state index is 12.0. The van der Waals surface area contributed by atoms with Crippen LogP contribution in [0.25, 0.3) is 0 Å². The van der Waals surface area contributed by atoms with Crippen molar-refractivity contribution in [2.75, 3.05) is 19.6 Å². The first-order valence-electron chi connectivity index (χ1n) is 5.44. The SMILES string of the molecule is NCC1CCCN(C(=O)c2ccc[nH]2)C1. The molecule has 4 nitrogen and oxygen atoms in total. The van der Waals surface area contributed by atoms with Crippen molar-refractivity contribution >= 4 is 5.91 Å². The van der Waals surface area contributed by atoms with Crippen molar-refractivity contribution in [3.8, 4) is 0 Å². The third kappa shape index (κ3) is 2.21. The predicted molar refractivity (Wildman–Crippen MR) is 58.5 cm³/mol. The number of nitrogens with two attached hydrogens (primary N) is 1. The Morgan fingerprint density at radius 3 is 3.20 bits per heavy atom. The number of carbonyl (C=O) groups is 1. The van der Waals surface area contributed by atoms with Gasteiger partial charge in [0.2, 0.25) is 0 Å². The summed E-state index contributed by atoms with van der Waals surface area (Å²) in [6.45, 7) is 2.33. The van der Waals surface area contributed by atoms with Gasteiger partial charge in [-0.05, 0) is 37.4 Å². The number of H-pyrrole nitrogens is 1. The van der Waals surface area contributed by atoms with E-state index in [4.69, 9.17) is 5.73 Å². The van der Waals surface area contributed by atoms with Gasteiger partial charge in [-0.25, -0.2) is 0 Å². The summed E-state index contributed by atoms with van der Waals surface area (Å²) >= 11 is 0. The molecule has 0 saturated carbocycles. The summed E-state index contributed by atoms with van der Waals surface area (Å²) < 4.78 is 0. The van der Waals surface area contributed by atoms with Gasteiger partial charge < -0.3 is 15.6 Å². The van der Waals surface area contributed by atoms with Gasteiger partial charge in [-0.3, -0.25) is 4.79 Å². The molecule has 1 saturated heterocycles. The number of aromatic amines is 1. The molecule has 82 valence electrons. The van der Waals surface area contributed by atoms with E-state index in [1.165, 1.54) is 0 Å². The number of nitrogens with zero attached hydrogens (tertiary/aromatic N) is 1. The van der Waals surface area contributed by atoms with Crippen LogP contribution in [0.3, 0.4) is 0 Å². The monoisotopic (exact) mass is 207 g/mol. The Hall–Kier alpha value is -1.29. The molecule has 1 amide bonds. The molecule has 0 aliphatic carbocycles. The topological polar surface area (TPSA) is 62.1 Å². The first-order chi connectivity index (χ1) is 7.31. The molecule has 0 aromatic carbocycles. The van der Waals surface area contributed by atoms with E-state index in [1.54, 1.807) is 6.20 Å². The first-order valence-corrected chi connectivity index (χ1v) is 5.44. The number of rotatable bonds is 2. The summed E-state index contributed by atoms with van der Waals surface area (Å²) in [4.78, 5) is 16.8. The largest absolute Gasteiger partial charge is 0.357 e. The van der Waals surface area contributed by atoms with E-state index in [2.05, 4.69) is 4.98 Å². The fourth-order valence-corrected chi connectivity index (χ4v) is 2.08. The zero-order valence-electron chi connectivity index (χ0n) is 8.78. The Labute approximate surface area is 89.5 Å². The number of likely N-dealkylation sites (tertiary alicyclic amines) is 1. The summed E-state index contributed by atoms with van der Waals surface area (Å²) in [6, 6.07) is 3.66. The standard InChI is InChI=1S/C11H17N3O/c12-7-9-3-2-6-14(8-9)11(15)10-4-1-5-13-10/h1,4-5,9,13H,2-3,6-8,12H2. The van der Waals surface area contributed by atoms with Crippen molar-refractivity contribution in [3.63, 3.8) is 0 Å². The van der Waals surface area contributed by atoms with Crippen molar-refractivity contribution < 1.29 is 4.79 Å². The third-order valence-corrected chi connectivity index (χ3v) is 2.97. The predicted octanol–water partition coefficient (Wildman–Crippen LogP) is 0.826. The van der Waals surface area contributed by atoms with Crippen LogP contribution < -0.4 is 5.73 Å². The minimum atomic E-state index is 0.0955. The molecular weight excluding hydrogens is 190 g/mol. The van der Waals surface area contributed by atoms with Crippen LogP contribution in [-0.2, 0) is 0 Å². The number of hydrogen-bond acceptors (Lipinski definition) is 2. The van der Waals surface area contributed by atoms with Gasteiger partial charge >= 0.3 is 0 Å². The summed E-state index contributed by atoms with van der Waals surface area (Å²) in [6.07, 6.45) is 3.98. The minimum Gasteiger partial charge on any atom is -0.357 e. The molecule has 0 spiro atoms. The summed E-state index contributed by atoms with van der Waals surface area (Å²) in [5.41, 5.74) is 6.31. The molecular formula is C11H17N3O. The molecule has 1 aliphatic rings. The van der Waals surface area contributed by atoms with Crippen LogP contribution in [0.5, 0.6) is 0 Å². The number of aromatic nitrogens is 1. The van der Waals surface area contributed by atoms with Gasteiger partial charge in [0.1, 0.15) is 5.69 Å². The van der Waals surface area contributed by atoms with E-state index in [-0.39, 0.29) is 5.91 Å². The Morgan fingerprint density at radius 2 is 2.53 bits per heavy atom. The zero-order valence-corrected chi connectivity index (χ0v) is 8.78. The van der Waals surface area contributed by atoms with Gasteiger partial charge in [0.15, 0.2) is 0 Å². The highest BCUT2D eigenvalue weighted by Gasteiger charge is 2.23. The summed E-state index contributed by atoms with van der Waals surface area (Å²) in [7, 11) is 0. The second kappa shape index (κ2) is 4.49. The van der Waals surface area contributed by atoms with Gasteiger partial charge in [0.05, 0.1) is 0 Å². The van der Waals surface area contributed by atoms with Crippen molar-refractivity contribution in [1.29, 1.82) is 0 Å². The lowest BCUT2D eigenvalue weighted by Gasteiger charge is -2.31. The van der Waals surface area contributed by atoms with Crippen LogP contribution in [0.2, 0.25) is 0 Å². The van der Waals surface area contributed by atoms with E-state index in [0.717, 1.165) is 25.9 Å². The molecule has 2 heterocycles. The van der Waals surface area contributed by atoms with Crippen molar-refractivity contribution in [1.82, 2.24) is 9.88 Å². The minimum absolute atomic E-state index is 0.0955. The van der Waals surface area contributed by atoms with Gasteiger partial charge in [-0.1, -0.05) is 0 Å². The number of carbonyl (C=O) groups excluding carboxylic acids is 1. The number of hydrogen-bond donors (Lipinski definition) is 2. The average molecular weight is 207 g/mol. The highest BCUT2D eigenvalue weighted by molar-refractivity contribution is 5.92. The fourth-order valence-electron chi connectivity index (χ4n) is 2.08. The van der Waals surface area contributed by atoms with Gasteiger partial charge in [0, 0.05) is 19.3 Å². The maximum absolute atomic E-state index is 12.0.